The van der Waals surface area contributed by atoms with E-state index < -0.39 is 11.9 Å². The van der Waals surface area contributed by atoms with E-state index in [1.165, 1.54) is 6.42 Å². The summed E-state index contributed by atoms with van der Waals surface area (Å²) < 4.78 is 5.15. The van der Waals surface area contributed by atoms with Crippen LogP contribution >= 0.6 is 0 Å². The highest BCUT2D eigenvalue weighted by Gasteiger charge is 2.37. The summed E-state index contributed by atoms with van der Waals surface area (Å²) in [5.41, 5.74) is 0.188. The summed E-state index contributed by atoms with van der Waals surface area (Å²) in [6.45, 7) is 2.37. The average molecular weight is 298 g/mol. The fraction of sp³-hybridized carbons (Fsp3) is 0.867. The molecule has 2 aliphatic rings. The van der Waals surface area contributed by atoms with Crippen LogP contribution in [-0.2, 0) is 9.53 Å². The van der Waals surface area contributed by atoms with E-state index in [9.17, 15) is 9.59 Å². The zero-order valence-corrected chi connectivity index (χ0v) is 12.8. The molecule has 0 spiro atoms. The highest BCUT2D eigenvalue weighted by atomic mass is 16.5. The van der Waals surface area contributed by atoms with E-state index in [4.69, 9.17) is 9.84 Å². The molecule has 2 amide bonds. The number of carbonyl (C=O) groups excluding carboxylic acids is 1. The number of hydrogen-bond donors (Lipinski definition) is 2. The predicted octanol–water partition coefficient (Wildman–Crippen LogP) is 1.70. The number of piperidine rings is 1. The van der Waals surface area contributed by atoms with Crippen LogP contribution in [0, 0.1) is 11.3 Å². The first-order valence-electron chi connectivity index (χ1n) is 7.81. The van der Waals surface area contributed by atoms with Crippen LogP contribution in [0.3, 0.4) is 0 Å². The number of aliphatic carboxylic acids is 1. The maximum atomic E-state index is 12.2. The van der Waals surface area contributed by atoms with Crippen molar-refractivity contribution in [3.63, 3.8) is 0 Å². The number of urea groups is 1. The van der Waals surface area contributed by atoms with Crippen LogP contribution in [0.1, 0.15) is 38.5 Å². The van der Waals surface area contributed by atoms with Crippen molar-refractivity contribution in [1.82, 2.24) is 10.2 Å². The molecule has 0 aromatic carbocycles. The minimum atomic E-state index is -0.803. The minimum Gasteiger partial charge on any atom is -0.481 e. The summed E-state index contributed by atoms with van der Waals surface area (Å²) in [6.07, 6.45) is 5.88. The van der Waals surface area contributed by atoms with Gasteiger partial charge in [0.15, 0.2) is 0 Å². The summed E-state index contributed by atoms with van der Waals surface area (Å²) in [5.74, 6) is -1.22. The quantitative estimate of drug-likeness (QED) is 0.782. The van der Waals surface area contributed by atoms with E-state index in [0.717, 1.165) is 32.3 Å². The third-order valence-corrected chi connectivity index (χ3v) is 4.92. The molecule has 2 N–H and O–H groups in total. The number of carboxylic acid groups (broad SMARTS) is 1. The van der Waals surface area contributed by atoms with E-state index in [1.54, 1.807) is 12.0 Å². The topological polar surface area (TPSA) is 78.9 Å². The molecule has 1 atom stereocenters. The second kappa shape index (κ2) is 7.11. The number of carbonyl (C=O) groups is 2. The summed E-state index contributed by atoms with van der Waals surface area (Å²) in [6, 6.07) is -0.121. The maximum Gasteiger partial charge on any atom is 0.317 e. The van der Waals surface area contributed by atoms with Gasteiger partial charge in [-0.2, -0.15) is 0 Å². The summed E-state index contributed by atoms with van der Waals surface area (Å²) in [7, 11) is 1.70. The van der Waals surface area contributed by atoms with Crippen LogP contribution in [0.15, 0.2) is 0 Å². The second-order valence-electron chi connectivity index (χ2n) is 6.38. The van der Waals surface area contributed by atoms with Crippen LogP contribution in [0.2, 0.25) is 0 Å². The van der Waals surface area contributed by atoms with Crippen LogP contribution in [0.4, 0.5) is 4.79 Å². The lowest BCUT2D eigenvalue weighted by molar-refractivity contribution is -0.143. The van der Waals surface area contributed by atoms with Crippen molar-refractivity contribution < 1.29 is 19.4 Å². The summed E-state index contributed by atoms with van der Waals surface area (Å²) >= 11 is 0. The molecule has 2 rings (SSSR count). The van der Waals surface area contributed by atoms with Crippen LogP contribution < -0.4 is 5.32 Å². The fourth-order valence-corrected chi connectivity index (χ4v) is 3.25. The molecule has 6 heteroatoms. The lowest BCUT2D eigenvalue weighted by atomic mass is 9.67. The number of carboxylic acids is 1. The molecule has 0 radical (unpaired) electrons. The highest BCUT2D eigenvalue weighted by molar-refractivity contribution is 5.76. The van der Waals surface area contributed by atoms with Crippen molar-refractivity contribution in [2.75, 3.05) is 33.4 Å². The second-order valence-corrected chi connectivity index (χ2v) is 6.38. The van der Waals surface area contributed by atoms with Gasteiger partial charge in [0, 0.05) is 33.4 Å². The van der Waals surface area contributed by atoms with Gasteiger partial charge in [-0.3, -0.25) is 4.79 Å². The minimum absolute atomic E-state index is 0.121. The number of nitrogens with zero attached hydrogens (tertiary/aromatic N) is 1. The maximum absolute atomic E-state index is 12.2. The Morgan fingerprint density at radius 2 is 2.14 bits per heavy atom. The van der Waals surface area contributed by atoms with Crippen molar-refractivity contribution in [3.8, 4) is 0 Å². The molecular weight excluding hydrogens is 272 g/mol. The first-order valence-corrected chi connectivity index (χ1v) is 7.81. The smallest absolute Gasteiger partial charge is 0.317 e. The normalized spacial score (nSPS) is 24.2. The number of ether oxygens (including phenoxy) is 1. The SMILES string of the molecule is COCCC1(CNC(=O)N2CCCC(C(=O)O)C2)CCC1. The molecule has 0 bridgehead atoms. The van der Waals surface area contributed by atoms with E-state index in [0.29, 0.717) is 26.1 Å². The van der Waals surface area contributed by atoms with Crippen molar-refractivity contribution in [2.45, 2.75) is 38.5 Å². The van der Waals surface area contributed by atoms with Crippen LogP contribution in [0.5, 0.6) is 0 Å². The van der Waals surface area contributed by atoms with Crippen molar-refractivity contribution in [1.29, 1.82) is 0 Å². The van der Waals surface area contributed by atoms with E-state index in [-0.39, 0.29) is 11.4 Å². The third-order valence-electron chi connectivity index (χ3n) is 4.92. The first-order chi connectivity index (χ1) is 10.1. The van der Waals surface area contributed by atoms with E-state index in [2.05, 4.69) is 5.32 Å². The van der Waals surface area contributed by atoms with Gasteiger partial charge in [-0.05, 0) is 37.5 Å². The molecule has 0 aromatic rings. The highest BCUT2D eigenvalue weighted by Crippen LogP contribution is 2.43. The van der Waals surface area contributed by atoms with Crippen molar-refractivity contribution >= 4 is 12.0 Å². The molecule has 1 saturated carbocycles. The number of rotatable bonds is 6. The van der Waals surface area contributed by atoms with Crippen LogP contribution in [0.25, 0.3) is 0 Å². The predicted molar refractivity (Wildman–Crippen MR) is 78.1 cm³/mol. The molecule has 2 fully saturated rings. The van der Waals surface area contributed by atoms with Gasteiger partial charge in [0.25, 0.3) is 0 Å². The van der Waals surface area contributed by atoms with Crippen LogP contribution in [-0.4, -0.2) is 55.4 Å². The first kappa shape index (κ1) is 16.1. The molecule has 21 heavy (non-hydrogen) atoms. The van der Waals surface area contributed by atoms with Gasteiger partial charge >= 0.3 is 12.0 Å². The van der Waals surface area contributed by atoms with Crippen molar-refractivity contribution in [3.05, 3.63) is 0 Å². The largest absolute Gasteiger partial charge is 0.481 e. The Hall–Kier alpha value is -1.30. The molecule has 120 valence electrons. The van der Waals surface area contributed by atoms with Gasteiger partial charge in [0.2, 0.25) is 0 Å². The van der Waals surface area contributed by atoms with Gasteiger partial charge in [0.1, 0.15) is 0 Å². The number of hydrogen-bond acceptors (Lipinski definition) is 3. The summed E-state index contributed by atoms with van der Waals surface area (Å²) in [5, 5.41) is 12.1. The number of methoxy groups -OCH3 is 1. The lowest BCUT2D eigenvalue weighted by Crippen LogP contribution is -2.50. The molecule has 1 unspecified atom stereocenters. The molecule has 0 aromatic heterocycles. The van der Waals surface area contributed by atoms with E-state index in [1.807, 2.05) is 0 Å². The Morgan fingerprint density at radius 3 is 2.71 bits per heavy atom. The molecule has 1 saturated heterocycles. The Labute approximate surface area is 125 Å². The van der Waals surface area contributed by atoms with Gasteiger partial charge in [-0.1, -0.05) is 6.42 Å². The third kappa shape index (κ3) is 4.09. The molecule has 6 nitrogen and oxygen atoms in total. The Kier molecular flexibility index (Phi) is 5.45. The number of likely N-dealkylation sites (tertiary alicyclic amines) is 1. The lowest BCUT2D eigenvalue weighted by Gasteiger charge is -2.42. The van der Waals surface area contributed by atoms with Gasteiger partial charge in [-0.25, -0.2) is 4.79 Å². The summed E-state index contributed by atoms with van der Waals surface area (Å²) in [4.78, 5) is 24.9. The standard InChI is InChI=1S/C15H26N2O4/c1-21-9-7-15(5-3-6-15)11-16-14(20)17-8-2-4-12(10-17)13(18)19/h12H,2-11H2,1H3,(H,16,20)(H,18,19). The number of nitrogens with one attached hydrogen (secondary N) is 1. The van der Waals surface area contributed by atoms with Gasteiger partial charge in [-0.15, -0.1) is 0 Å². The Balaban J connectivity index is 1.79. The average Bonchev–Trinajstić information content (AvgIpc) is 2.45. The Bertz CT molecular complexity index is 382. The zero-order valence-electron chi connectivity index (χ0n) is 12.8. The molecule has 1 heterocycles. The fourth-order valence-electron chi connectivity index (χ4n) is 3.25. The zero-order chi connectivity index (χ0) is 15.3. The molecular formula is C15H26N2O4. The monoisotopic (exact) mass is 298 g/mol. The molecule has 1 aliphatic carbocycles. The van der Waals surface area contributed by atoms with E-state index >= 15 is 0 Å². The molecule has 1 aliphatic heterocycles. The van der Waals surface area contributed by atoms with Gasteiger partial charge < -0.3 is 20.1 Å². The Morgan fingerprint density at radius 1 is 1.38 bits per heavy atom. The van der Waals surface area contributed by atoms with Crippen molar-refractivity contribution in [2.24, 2.45) is 11.3 Å². The number of amides is 2. The van der Waals surface area contributed by atoms with Gasteiger partial charge in [0.05, 0.1) is 5.92 Å².